The molecular weight excluding hydrogens is 372 g/mol. The highest BCUT2D eigenvalue weighted by molar-refractivity contribution is 5.87. The number of nitro groups is 1. The van der Waals surface area contributed by atoms with E-state index in [0.29, 0.717) is 43.3 Å². The van der Waals surface area contributed by atoms with Crippen LogP contribution in [0.3, 0.4) is 0 Å². The van der Waals surface area contributed by atoms with Gasteiger partial charge in [0.05, 0.1) is 35.6 Å². The highest BCUT2D eigenvalue weighted by Gasteiger charge is 2.24. The maximum absolute atomic E-state index is 12.3. The molecule has 1 aliphatic heterocycles. The lowest BCUT2D eigenvalue weighted by Gasteiger charge is -2.28. The minimum Gasteiger partial charge on any atom is -0.481 e. The monoisotopic (exact) mass is 388 g/mol. The van der Waals surface area contributed by atoms with Crippen molar-refractivity contribution in [1.82, 2.24) is 19.6 Å². The van der Waals surface area contributed by atoms with E-state index in [9.17, 15) is 19.7 Å². The molecule has 2 N–H and O–H groups in total. The van der Waals surface area contributed by atoms with Gasteiger partial charge in [-0.2, -0.15) is 0 Å². The topological polar surface area (TPSA) is 156 Å². The molecule has 2 aromatic heterocycles. The minimum atomic E-state index is -1.00. The summed E-state index contributed by atoms with van der Waals surface area (Å²) in [5, 5.41) is 28.3. The number of aryl methyl sites for hydroxylation is 1. The van der Waals surface area contributed by atoms with E-state index >= 15 is 0 Å². The van der Waals surface area contributed by atoms with Gasteiger partial charge in [-0.1, -0.05) is 0 Å². The summed E-state index contributed by atoms with van der Waals surface area (Å²) in [5.41, 5.74) is 0.422. The maximum Gasteiger partial charge on any atom is 0.303 e. The van der Waals surface area contributed by atoms with Gasteiger partial charge < -0.3 is 19.7 Å². The number of ether oxygens (including phenoxy) is 1. The van der Waals surface area contributed by atoms with Crippen molar-refractivity contribution in [3.63, 3.8) is 0 Å². The molecule has 4 rings (SSSR count). The molecule has 1 saturated heterocycles. The molecule has 0 radical (unpaired) electrons. The number of H-pyrrole nitrogens is 1. The number of nitrogens with one attached hydrogen (secondary N) is 1. The van der Waals surface area contributed by atoms with Crippen molar-refractivity contribution >= 4 is 34.0 Å². The van der Waals surface area contributed by atoms with E-state index in [1.807, 2.05) is 4.90 Å². The van der Waals surface area contributed by atoms with Crippen LogP contribution in [0.1, 0.15) is 12.2 Å². The van der Waals surface area contributed by atoms with Crippen molar-refractivity contribution in [1.29, 1.82) is 0 Å². The summed E-state index contributed by atoms with van der Waals surface area (Å²) in [6.45, 7) is 1.89. The normalized spacial score (nSPS) is 14.6. The van der Waals surface area contributed by atoms with E-state index in [1.54, 1.807) is 6.07 Å². The lowest BCUT2D eigenvalue weighted by Crippen LogP contribution is -2.36. The van der Waals surface area contributed by atoms with Crippen LogP contribution in [0.4, 0.5) is 11.4 Å². The number of carbonyl (C=O) groups is 1. The first-order chi connectivity index (χ1) is 13.5. The Hall–Kier alpha value is -3.54. The second-order valence-corrected chi connectivity index (χ2v) is 6.34. The number of rotatable bonds is 5. The van der Waals surface area contributed by atoms with Gasteiger partial charge in [-0.25, -0.2) is 0 Å². The number of nitro benzene ring substituents is 1. The first-order valence-corrected chi connectivity index (χ1v) is 8.58. The molecule has 0 aliphatic carbocycles. The van der Waals surface area contributed by atoms with Crippen LogP contribution < -0.4 is 10.5 Å². The van der Waals surface area contributed by atoms with E-state index in [2.05, 4.69) is 15.2 Å². The summed E-state index contributed by atoms with van der Waals surface area (Å²) in [6, 6.07) is 2.91. The van der Waals surface area contributed by atoms with Gasteiger partial charge in [-0.3, -0.25) is 24.1 Å². The smallest absolute Gasteiger partial charge is 0.303 e. The third-order valence-corrected chi connectivity index (χ3v) is 4.63. The molecule has 0 spiro atoms. The molecule has 0 unspecified atom stereocenters. The Labute approximate surface area is 156 Å². The van der Waals surface area contributed by atoms with Crippen LogP contribution in [-0.4, -0.2) is 61.9 Å². The van der Waals surface area contributed by atoms with E-state index in [4.69, 9.17) is 9.84 Å². The van der Waals surface area contributed by atoms with Gasteiger partial charge in [0, 0.05) is 25.6 Å². The zero-order chi connectivity index (χ0) is 19.8. The molecule has 3 heterocycles. The van der Waals surface area contributed by atoms with Crippen molar-refractivity contribution in [2.45, 2.75) is 12.8 Å². The number of aromatic nitrogens is 4. The van der Waals surface area contributed by atoms with Crippen LogP contribution in [0, 0.1) is 10.1 Å². The number of anilines is 1. The highest BCUT2D eigenvalue weighted by Crippen LogP contribution is 2.33. The number of aliphatic carboxylic acids is 1. The van der Waals surface area contributed by atoms with E-state index in [0.717, 1.165) is 0 Å². The Morgan fingerprint density at radius 3 is 2.75 bits per heavy atom. The molecule has 0 bridgehead atoms. The third kappa shape index (κ3) is 3.03. The molecule has 0 saturated carbocycles. The second kappa shape index (κ2) is 6.88. The summed E-state index contributed by atoms with van der Waals surface area (Å²) in [4.78, 5) is 38.8. The Balaban J connectivity index is 1.97. The number of aromatic amines is 1. The number of carboxylic acids is 1. The molecule has 28 heavy (non-hydrogen) atoms. The lowest BCUT2D eigenvalue weighted by atomic mass is 10.2. The van der Waals surface area contributed by atoms with Gasteiger partial charge in [0.2, 0.25) is 5.65 Å². The first kappa shape index (κ1) is 17.9. The van der Waals surface area contributed by atoms with E-state index < -0.39 is 16.5 Å². The number of morpholine rings is 1. The average molecular weight is 388 g/mol. The van der Waals surface area contributed by atoms with Gasteiger partial charge in [-0.05, 0) is 6.07 Å². The van der Waals surface area contributed by atoms with Crippen molar-refractivity contribution in [3.05, 3.63) is 38.4 Å². The summed E-state index contributed by atoms with van der Waals surface area (Å²) in [7, 11) is 0. The van der Waals surface area contributed by atoms with Crippen LogP contribution in [0.5, 0.6) is 0 Å². The molecule has 0 atom stereocenters. The number of nitrogens with zero attached hydrogens (tertiary/aromatic N) is 5. The van der Waals surface area contributed by atoms with Crippen molar-refractivity contribution in [3.8, 4) is 0 Å². The van der Waals surface area contributed by atoms with Gasteiger partial charge in [0.15, 0.2) is 0 Å². The summed E-state index contributed by atoms with van der Waals surface area (Å²) < 4.78 is 6.78. The Bertz CT molecular complexity index is 1150. The molecule has 3 aromatic rings. The van der Waals surface area contributed by atoms with Gasteiger partial charge in [0.25, 0.3) is 11.2 Å². The van der Waals surface area contributed by atoms with E-state index in [1.165, 1.54) is 10.5 Å². The van der Waals surface area contributed by atoms with Crippen LogP contribution in [0.25, 0.3) is 16.7 Å². The van der Waals surface area contributed by atoms with Crippen molar-refractivity contribution in [2.75, 3.05) is 31.2 Å². The molecular formula is C16H16N6O6. The maximum atomic E-state index is 12.3. The third-order valence-electron chi connectivity index (χ3n) is 4.63. The van der Waals surface area contributed by atoms with Crippen LogP contribution in [0.15, 0.2) is 16.9 Å². The summed E-state index contributed by atoms with van der Waals surface area (Å²) in [5.74, 6) is -0.703. The standard InChI is InChI=1S/C16H16N6O6/c23-14(24)2-1-13-18-19-15-16(25)17-9-7-12(22(26)27)11(8-10(9)21(13)15)20-3-5-28-6-4-20/h7-8H,1-6H2,(H,17,25)(H,23,24). The number of fused-ring (bicyclic) bond motifs is 3. The second-order valence-electron chi connectivity index (χ2n) is 6.34. The fraction of sp³-hybridized carbons (Fsp3) is 0.375. The minimum absolute atomic E-state index is 0.00895. The number of carboxylic acid groups (broad SMARTS) is 1. The average Bonchev–Trinajstić information content (AvgIpc) is 3.11. The number of hydrogen-bond acceptors (Lipinski definition) is 8. The largest absolute Gasteiger partial charge is 0.481 e. The highest BCUT2D eigenvalue weighted by atomic mass is 16.6. The lowest BCUT2D eigenvalue weighted by molar-refractivity contribution is -0.384. The summed E-state index contributed by atoms with van der Waals surface area (Å²) >= 11 is 0. The summed E-state index contributed by atoms with van der Waals surface area (Å²) in [6.07, 6.45) is -0.114. The molecule has 0 amide bonds. The van der Waals surface area contributed by atoms with Crippen LogP contribution in [0.2, 0.25) is 0 Å². The molecule has 1 fully saturated rings. The molecule has 1 aliphatic rings. The van der Waals surface area contributed by atoms with Crippen LogP contribution in [-0.2, 0) is 16.0 Å². The van der Waals surface area contributed by atoms with Crippen molar-refractivity contribution < 1.29 is 19.6 Å². The quantitative estimate of drug-likeness (QED) is 0.464. The first-order valence-electron chi connectivity index (χ1n) is 8.58. The predicted octanol–water partition coefficient (Wildman–Crippen LogP) is 0.333. The van der Waals surface area contributed by atoms with Crippen LogP contribution >= 0.6 is 0 Å². The molecule has 146 valence electrons. The molecule has 1 aromatic carbocycles. The van der Waals surface area contributed by atoms with E-state index in [-0.39, 0.29) is 29.7 Å². The SMILES string of the molecule is O=C(O)CCc1nnc2c(=O)[nH]c3cc([N+](=O)[O-])c(N4CCOCC4)cc3n12. The Morgan fingerprint density at radius 2 is 2.07 bits per heavy atom. The number of benzene rings is 1. The predicted molar refractivity (Wildman–Crippen MR) is 96.8 cm³/mol. The fourth-order valence-corrected chi connectivity index (χ4v) is 3.33. The Morgan fingerprint density at radius 1 is 1.32 bits per heavy atom. The van der Waals surface area contributed by atoms with Gasteiger partial charge >= 0.3 is 5.97 Å². The van der Waals surface area contributed by atoms with Gasteiger partial charge in [-0.15, -0.1) is 10.2 Å². The zero-order valence-electron chi connectivity index (χ0n) is 14.6. The van der Waals surface area contributed by atoms with Crippen molar-refractivity contribution in [2.24, 2.45) is 0 Å². The van der Waals surface area contributed by atoms with Gasteiger partial charge in [0.1, 0.15) is 11.5 Å². The fourth-order valence-electron chi connectivity index (χ4n) is 3.33. The number of hydrogen-bond donors (Lipinski definition) is 2. The zero-order valence-corrected chi connectivity index (χ0v) is 14.6. The Kier molecular flexibility index (Phi) is 4.39. The molecule has 12 heteroatoms. The molecule has 12 nitrogen and oxygen atoms in total.